The van der Waals surface area contributed by atoms with Crippen LogP contribution in [-0.2, 0) is 11.2 Å². The van der Waals surface area contributed by atoms with Crippen molar-refractivity contribution in [1.29, 1.82) is 0 Å². The van der Waals surface area contributed by atoms with Crippen molar-refractivity contribution in [2.75, 3.05) is 20.8 Å². The molecule has 0 spiro atoms. The first-order chi connectivity index (χ1) is 11.1. The van der Waals surface area contributed by atoms with E-state index in [0.717, 1.165) is 12.0 Å². The Morgan fingerprint density at radius 1 is 1.26 bits per heavy atom. The lowest BCUT2D eigenvalue weighted by Crippen LogP contribution is -2.29. The lowest BCUT2D eigenvalue weighted by atomic mass is 10.0. The number of nitrogens with zero attached hydrogens (tertiary/aromatic N) is 2. The van der Waals surface area contributed by atoms with Crippen molar-refractivity contribution in [3.05, 3.63) is 23.8 Å². The third kappa shape index (κ3) is 4.46. The molecule has 0 unspecified atom stereocenters. The zero-order valence-electron chi connectivity index (χ0n) is 13.5. The highest BCUT2D eigenvalue weighted by atomic mass is 16.5. The molecule has 1 aromatic rings. The van der Waals surface area contributed by atoms with E-state index in [0.29, 0.717) is 30.9 Å². The van der Waals surface area contributed by atoms with Crippen molar-refractivity contribution < 1.29 is 14.3 Å². The van der Waals surface area contributed by atoms with Crippen molar-refractivity contribution in [3.8, 4) is 23.8 Å². The van der Waals surface area contributed by atoms with Gasteiger partial charge < -0.3 is 14.8 Å². The minimum atomic E-state index is -0.373. The molecule has 23 heavy (non-hydrogen) atoms. The average molecular weight is 315 g/mol. The Kier molecular flexibility index (Phi) is 5.58. The van der Waals surface area contributed by atoms with Gasteiger partial charge in [0, 0.05) is 31.4 Å². The number of terminal acetylenes is 1. The van der Waals surface area contributed by atoms with Crippen LogP contribution in [0.4, 0.5) is 0 Å². The third-order valence-electron chi connectivity index (χ3n) is 3.77. The number of ether oxygens (including phenoxy) is 2. The minimum absolute atomic E-state index is 0.0967. The Morgan fingerprint density at radius 3 is 2.43 bits per heavy atom. The second-order valence-corrected chi connectivity index (χ2v) is 5.30. The van der Waals surface area contributed by atoms with Gasteiger partial charge in [0.2, 0.25) is 5.91 Å². The van der Waals surface area contributed by atoms with Crippen LogP contribution in [-0.4, -0.2) is 32.3 Å². The summed E-state index contributed by atoms with van der Waals surface area (Å²) in [7, 11) is 3.14. The lowest BCUT2D eigenvalue weighted by molar-refractivity contribution is -0.120. The van der Waals surface area contributed by atoms with Crippen molar-refractivity contribution in [1.82, 2.24) is 5.32 Å². The normalized spacial score (nSPS) is 14.0. The Labute approximate surface area is 136 Å². The van der Waals surface area contributed by atoms with Crippen LogP contribution < -0.4 is 14.8 Å². The Bertz CT molecular complexity index is 606. The summed E-state index contributed by atoms with van der Waals surface area (Å²) in [6.07, 6.45) is 7.49. The van der Waals surface area contributed by atoms with Gasteiger partial charge in [0.1, 0.15) is 11.5 Å². The molecule has 0 saturated carbocycles. The van der Waals surface area contributed by atoms with Crippen LogP contribution in [0.5, 0.6) is 11.5 Å². The van der Waals surface area contributed by atoms with Gasteiger partial charge in [0.05, 0.1) is 20.6 Å². The summed E-state index contributed by atoms with van der Waals surface area (Å²) in [5, 5.41) is 11.0. The molecular weight excluding hydrogens is 294 g/mol. The molecule has 0 radical (unpaired) electrons. The fourth-order valence-corrected chi connectivity index (χ4v) is 2.40. The summed E-state index contributed by atoms with van der Waals surface area (Å²) in [5.74, 6) is 3.76. The summed E-state index contributed by atoms with van der Waals surface area (Å²) in [4.78, 5) is 12.2. The maximum absolute atomic E-state index is 12.2. The maximum atomic E-state index is 12.2. The molecule has 1 N–H and O–H groups in total. The van der Waals surface area contributed by atoms with Crippen LogP contribution in [0.3, 0.4) is 0 Å². The molecule has 0 bridgehead atoms. The van der Waals surface area contributed by atoms with Crippen LogP contribution in [0.15, 0.2) is 28.4 Å². The molecule has 2 rings (SSSR count). The van der Waals surface area contributed by atoms with Gasteiger partial charge >= 0.3 is 0 Å². The summed E-state index contributed by atoms with van der Waals surface area (Å²) >= 11 is 0. The van der Waals surface area contributed by atoms with Gasteiger partial charge in [-0.25, -0.2) is 0 Å². The number of hydrogen-bond acceptors (Lipinski definition) is 5. The topological polar surface area (TPSA) is 72.3 Å². The molecule has 1 aromatic carbocycles. The van der Waals surface area contributed by atoms with Gasteiger partial charge in [-0.3, -0.25) is 4.79 Å². The minimum Gasteiger partial charge on any atom is -0.496 e. The summed E-state index contributed by atoms with van der Waals surface area (Å²) in [6.45, 7) is 0.508. The molecule has 6 heteroatoms. The first-order valence-corrected chi connectivity index (χ1v) is 7.48. The highest BCUT2D eigenvalue weighted by Crippen LogP contribution is 2.36. The predicted molar refractivity (Wildman–Crippen MR) is 86.5 cm³/mol. The lowest BCUT2D eigenvalue weighted by Gasteiger charge is -2.13. The Hall–Kier alpha value is -2.55. The molecule has 122 valence electrons. The van der Waals surface area contributed by atoms with E-state index in [4.69, 9.17) is 15.9 Å². The van der Waals surface area contributed by atoms with Crippen LogP contribution in [0, 0.1) is 12.3 Å². The van der Waals surface area contributed by atoms with Crippen molar-refractivity contribution >= 4 is 5.91 Å². The monoisotopic (exact) mass is 315 g/mol. The number of nitrogens with one attached hydrogen (secondary N) is 1. The van der Waals surface area contributed by atoms with E-state index in [2.05, 4.69) is 21.5 Å². The maximum Gasteiger partial charge on any atom is 0.224 e. The van der Waals surface area contributed by atoms with Gasteiger partial charge in [-0.15, -0.1) is 12.3 Å². The smallest absolute Gasteiger partial charge is 0.224 e. The zero-order valence-corrected chi connectivity index (χ0v) is 13.5. The molecule has 6 nitrogen and oxygen atoms in total. The van der Waals surface area contributed by atoms with Gasteiger partial charge in [0.15, 0.2) is 5.66 Å². The number of rotatable bonds is 9. The standard InChI is InChI=1S/C17H21N3O3/c1-4-5-9-17(19-20-17)10-11-18-16(21)12-13-14(22-2)7-6-8-15(13)23-3/h1,6-8H,5,9-12H2,2-3H3,(H,18,21). The highest BCUT2D eigenvalue weighted by Gasteiger charge is 2.38. The molecule has 0 aliphatic carbocycles. The number of amides is 1. The van der Waals surface area contributed by atoms with Crippen molar-refractivity contribution in [2.24, 2.45) is 10.2 Å². The summed E-state index contributed by atoms with van der Waals surface area (Å²) in [5.41, 5.74) is 0.361. The number of carbonyl (C=O) groups excluding carboxylic acids is 1. The molecule has 0 fully saturated rings. The fourth-order valence-electron chi connectivity index (χ4n) is 2.40. The molecule has 1 aliphatic rings. The Morgan fingerprint density at radius 2 is 1.91 bits per heavy atom. The van der Waals surface area contributed by atoms with E-state index < -0.39 is 0 Å². The summed E-state index contributed by atoms with van der Waals surface area (Å²) < 4.78 is 10.6. The number of carbonyl (C=O) groups is 1. The van der Waals surface area contributed by atoms with Gasteiger partial charge in [0.25, 0.3) is 0 Å². The van der Waals surface area contributed by atoms with E-state index in [1.54, 1.807) is 14.2 Å². The molecular formula is C17H21N3O3. The zero-order chi connectivity index (χ0) is 16.7. The van der Waals surface area contributed by atoms with E-state index >= 15 is 0 Å². The van der Waals surface area contributed by atoms with E-state index in [1.807, 2.05) is 18.2 Å². The quantitative estimate of drug-likeness (QED) is 0.711. The Balaban J connectivity index is 1.85. The first-order valence-electron chi connectivity index (χ1n) is 7.48. The van der Waals surface area contributed by atoms with Gasteiger partial charge in [-0.2, -0.15) is 10.2 Å². The molecule has 1 heterocycles. The van der Waals surface area contributed by atoms with E-state index in [-0.39, 0.29) is 18.0 Å². The van der Waals surface area contributed by atoms with Gasteiger partial charge in [-0.1, -0.05) is 6.07 Å². The average Bonchev–Trinajstić information content (AvgIpc) is 3.33. The van der Waals surface area contributed by atoms with Crippen LogP contribution in [0.25, 0.3) is 0 Å². The van der Waals surface area contributed by atoms with E-state index in [9.17, 15) is 4.79 Å². The van der Waals surface area contributed by atoms with Gasteiger partial charge in [-0.05, 0) is 12.1 Å². The number of methoxy groups -OCH3 is 2. The van der Waals surface area contributed by atoms with Crippen LogP contribution in [0.2, 0.25) is 0 Å². The number of hydrogen-bond donors (Lipinski definition) is 1. The number of benzene rings is 1. The molecule has 0 atom stereocenters. The van der Waals surface area contributed by atoms with Crippen molar-refractivity contribution in [3.63, 3.8) is 0 Å². The summed E-state index contributed by atoms with van der Waals surface area (Å²) in [6, 6.07) is 5.44. The molecule has 1 amide bonds. The SMILES string of the molecule is C#CCCC1(CCNC(=O)Cc2c(OC)cccc2OC)N=N1. The highest BCUT2D eigenvalue weighted by molar-refractivity contribution is 5.80. The van der Waals surface area contributed by atoms with Crippen molar-refractivity contribution in [2.45, 2.75) is 31.3 Å². The largest absolute Gasteiger partial charge is 0.496 e. The molecule has 0 aromatic heterocycles. The second kappa shape index (κ2) is 7.63. The predicted octanol–water partition coefficient (Wildman–Crippen LogP) is 2.33. The molecule has 0 saturated heterocycles. The van der Waals surface area contributed by atoms with Crippen LogP contribution in [0.1, 0.15) is 24.8 Å². The third-order valence-corrected chi connectivity index (χ3v) is 3.77. The fraction of sp³-hybridized carbons (Fsp3) is 0.471. The second-order valence-electron chi connectivity index (χ2n) is 5.30. The molecule has 1 aliphatic heterocycles. The van der Waals surface area contributed by atoms with Crippen LogP contribution >= 0.6 is 0 Å². The van der Waals surface area contributed by atoms with E-state index in [1.165, 1.54) is 0 Å². The first kappa shape index (κ1) is 16.8.